The Hall–Kier alpha value is -1.17. The lowest BCUT2D eigenvalue weighted by Crippen LogP contribution is -2.45. The van der Waals surface area contributed by atoms with Crippen LogP contribution in [0.4, 0.5) is 0 Å². The van der Waals surface area contributed by atoms with Crippen molar-refractivity contribution in [3.63, 3.8) is 0 Å². The van der Waals surface area contributed by atoms with E-state index in [1.54, 1.807) is 4.90 Å². The summed E-state index contributed by atoms with van der Waals surface area (Å²) in [4.78, 5) is 25.4. The highest BCUT2D eigenvalue weighted by Crippen LogP contribution is 2.47. The van der Waals surface area contributed by atoms with Gasteiger partial charge in [-0.25, -0.2) is 0 Å². The Bertz CT molecular complexity index is 352. The third-order valence-electron chi connectivity index (χ3n) is 3.18. The highest BCUT2D eigenvalue weighted by molar-refractivity contribution is 7.80. The third-order valence-corrected chi connectivity index (χ3v) is 3.57. The molecule has 2 fully saturated rings. The van der Waals surface area contributed by atoms with Gasteiger partial charge in [0.05, 0.1) is 16.9 Å². The molecule has 2 rings (SSSR count). The van der Waals surface area contributed by atoms with E-state index in [9.17, 15) is 9.59 Å². The second-order valence-electron chi connectivity index (χ2n) is 4.38. The fourth-order valence-corrected chi connectivity index (χ4v) is 2.26. The maximum absolute atomic E-state index is 12.2. The molecule has 2 amide bonds. The molecule has 0 atom stereocenters. The second-order valence-corrected chi connectivity index (χ2v) is 4.82. The van der Waals surface area contributed by atoms with Crippen LogP contribution in [-0.4, -0.2) is 41.3 Å². The van der Waals surface area contributed by atoms with Crippen LogP contribution < -0.4 is 11.1 Å². The first kappa shape index (κ1) is 11.3. The van der Waals surface area contributed by atoms with Crippen LogP contribution in [0.5, 0.6) is 0 Å². The van der Waals surface area contributed by atoms with Crippen molar-refractivity contribution in [3.05, 3.63) is 0 Å². The molecule has 2 aliphatic rings. The molecule has 1 saturated carbocycles. The molecule has 0 radical (unpaired) electrons. The number of nitrogens with two attached hydrogens (primary N) is 1. The Morgan fingerprint density at radius 1 is 1.50 bits per heavy atom. The van der Waals surface area contributed by atoms with E-state index in [0.29, 0.717) is 13.1 Å². The van der Waals surface area contributed by atoms with Crippen molar-refractivity contribution in [2.24, 2.45) is 11.1 Å². The summed E-state index contributed by atoms with van der Waals surface area (Å²) < 4.78 is 0. The van der Waals surface area contributed by atoms with Gasteiger partial charge in [-0.1, -0.05) is 12.2 Å². The number of hydrogen-bond acceptors (Lipinski definition) is 3. The summed E-state index contributed by atoms with van der Waals surface area (Å²) in [6.45, 7) is 1.35. The summed E-state index contributed by atoms with van der Waals surface area (Å²) in [5.41, 5.74) is 4.96. The van der Waals surface area contributed by atoms with Crippen LogP contribution in [-0.2, 0) is 9.59 Å². The van der Waals surface area contributed by atoms with E-state index in [-0.39, 0.29) is 23.3 Å². The number of carbonyl (C=O) groups is 2. The van der Waals surface area contributed by atoms with Gasteiger partial charge in [-0.3, -0.25) is 9.59 Å². The van der Waals surface area contributed by atoms with Crippen molar-refractivity contribution >= 4 is 29.0 Å². The molecule has 0 unspecified atom stereocenters. The van der Waals surface area contributed by atoms with Gasteiger partial charge in [-0.2, -0.15) is 0 Å². The smallest absolute Gasteiger partial charge is 0.239 e. The largest absolute Gasteiger partial charge is 0.392 e. The number of thiocarbonyl (C=S) groups is 1. The van der Waals surface area contributed by atoms with Crippen LogP contribution in [0.25, 0.3) is 0 Å². The molecule has 0 aromatic heterocycles. The highest BCUT2D eigenvalue weighted by Gasteiger charge is 2.54. The van der Waals surface area contributed by atoms with E-state index in [1.807, 2.05) is 0 Å². The summed E-state index contributed by atoms with van der Waals surface area (Å²) in [6, 6.07) is 0. The predicted molar refractivity (Wildman–Crippen MR) is 62.7 cm³/mol. The Balaban J connectivity index is 2.09. The minimum absolute atomic E-state index is 0.0722. The summed E-state index contributed by atoms with van der Waals surface area (Å²) in [7, 11) is 0. The molecule has 3 N–H and O–H groups in total. The van der Waals surface area contributed by atoms with Crippen molar-refractivity contribution < 1.29 is 9.59 Å². The second kappa shape index (κ2) is 4.01. The predicted octanol–water partition coefficient (Wildman–Crippen LogP) is -0.599. The maximum Gasteiger partial charge on any atom is 0.239 e. The van der Waals surface area contributed by atoms with Crippen molar-refractivity contribution in [1.29, 1.82) is 0 Å². The number of amides is 2. The van der Waals surface area contributed by atoms with Crippen LogP contribution >= 0.6 is 12.2 Å². The van der Waals surface area contributed by atoms with E-state index in [0.717, 1.165) is 19.3 Å². The fraction of sp³-hybridized carbons (Fsp3) is 0.700. The van der Waals surface area contributed by atoms with Crippen LogP contribution in [0.1, 0.15) is 19.3 Å². The number of rotatable bonds is 2. The van der Waals surface area contributed by atoms with Crippen molar-refractivity contribution in [2.75, 3.05) is 19.6 Å². The lowest BCUT2D eigenvalue weighted by atomic mass is 10.1. The molecule has 16 heavy (non-hydrogen) atoms. The first-order valence-corrected chi connectivity index (χ1v) is 5.83. The maximum atomic E-state index is 12.2. The van der Waals surface area contributed by atoms with Crippen LogP contribution in [0, 0.1) is 5.41 Å². The number of carbonyl (C=O) groups excluding carboxylic acids is 2. The monoisotopic (exact) mass is 241 g/mol. The molecule has 5 nitrogen and oxygen atoms in total. The third kappa shape index (κ3) is 1.89. The van der Waals surface area contributed by atoms with E-state index in [2.05, 4.69) is 5.32 Å². The topological polar surface area (TPSA) is 75.4 Å². The molecular weight excluding hydrogens is 226 g/mol. The minimum atomic E-state index is -0.639. The van der Waals surface area contributed by atoms with Gasteiger partial charge in [0.25, 0.3) is 0 Å². The van der Waals surface area contributed by atoms with Gasteiger partial charge < -0.3 is 16.0 Å². The van der Waals surface area contributed by atoms with Gasteiger partial charge >= 0.3 is 0 Å². The van der Waals surface area contributed by atoms with Crippen molar-refractivity contribution in [1.82, 2.24) is 10.2 Å². The van der Waals surface area contributed by atoms with E-state index in [4.69, 9.17) is 18.0 Å². The molecule has 0 spiro atoms. The fourth-order valence-electron chi connectivity index (χ4n) is 1.97. The van der Waals surface area contributed by atoms with Gasteiger partial charge in [0, 0.05) is 13.1 Å². The molecule has 0 bridgehead atoms. The number of hydrogen-bond donors (Lipinski definition) is 2. The zero-order chi connectivity index (χ0) is 11.8. The molecule has 6 heteroatoms. The summed E-state index contributed by atoms with van der Waals surface area (Å²) in [6.07, 6.45) is 2.23. The average molecular weight is 241 g/mol. The highest BCUT2D eigenvalue weighted by atomic mass is 32.1. The lowest BCUT2D eigenvalue weighted by Gasteiger charge is -2.24. The SMILES string of the molecule is NC(=S)C1(C(=O)N2CCCNC(=O)C2)CC1. The standard InChI is InChI=1S/C10H15N3O2S/c11-8(16)10(2-3-10)9(15)13-5-1-4-12-7(14)6-13/h1-6H2,(H2,11,16)(H,12,14). The first-order valence-electron chi connectivity index (χ1n) is 5.42. The normalized spacial score (nSPS) is 23.2. The quantitative estimate of drug-likeness (QED) is 0.633. The summed E-state index contributed by atoms with van der Waals surface area (Å²) in [5, 5.41) is 2.73. The van der Waals surface area contributed by atoms with Crippen molar-refractivity contribution in [2.45, 2.75) is 19.3 Å². The average Bonchev–Trinajstić information content (AvgIpc) is 3.01. The lowest BCUT2D eigenvalue weighted by molar-refractivity contribution is -0.137. The van der Waals surface area contributed by atoms with E-state index >= 15 is 0 Å². The van der Waals surface area contributed by atoms with Gasteiger partial charge in [0.2, 0.25) is 11.8 Å². The van der Waals surface area contributed by atoms with Crippen LogP contribution in [0.3, 0.4) is 0 Å². The van der Waals surface area contributed by atoms with Crippen molar-refractivity contribution in [3.8, 4) is 0 Å². The van der Waals surface area contributed by atoms with E-state index < -0.39 is 5.41 Å². The molecule has 1 aliphatic carbocycles. The molecule has 0 aromatic rings. The zero-order valence-corrected chi connectivity index (χ0v) is 9.81. The molecule has 1 saturated heterocycles. The molecule has 0 aromatic carbocycles. The molecular formula is C10H15N3O2S. The zero-order valence-electron chi connectivity index (χ0n) is 8.99. The van der Waals surface area contributed by atoms with Gasteiger partial charge in [0.15, 0.2) is 0 Å². The molecule has 1 heterocycles. The van der Waals surface area contributed by atoms with Gasteiger partial charge in [-0.05, 0) is 19.3 Å². The number of nitrogens with zero attached hydrogens (tertiary/aromatic N) is 1. The van der Waals surface area contributed by atoms with E-state index in [1.165, 1.54) is 0 Å². The molecule has 88 valence electrons. The number of nitrogens with one attached hydrogen (secondary N) is 1. The Morgan fingerprint density at radius 3 is 2.75 bits per heavy atom. The Kier molecular flexibility index (Phi) is 2.84. The summed E-state index contributed by atoms with van der Waals surface area (Å²) >= 11 is 4.93. The summed E-state index contributed by atoms with van der Waals surface area (Å²) in [5.74, 6) is -0.179. The van der Waals surface area contributed by atoms with Gasteiger partial charge in [-0.15, -0.1) is 0 Å². The molecule has 1 aliphatic heterocycles. The minimum Gasteiger partial charge on any atom is -0.392 e. The Labute approximate surface area is 99.3 Å². The van der Waals surface area contributed by atoms with Gasteiger partial charge in [0.1, 0.15) is 0 Å². The first-order chi connectivity index (χ1) is 7.56. The van der Waals surface area contributed by atoms with Crippen LogP contribution in [0.15, 0.2) is 0 Å². The Morgan fingerprint density at radius 2 is 2.19 bits per heavy atom. The van der Waals surface area contributed by atoms with Crippen LogP contribution in [0.2, 0.25) is 0 Å².